The Morgan fingerprint density at radius 2 is 2.00 bits per heavy atom. The Balaban J connectivity index is 3.25. The Kier molecular flexibility index (Phi) is 1.38. The van der Waals surface area contributed by atoms with Crippen LogP contribution in [0, 0.1) is 23.6 Å². The third-order valence-electron chi connectivity index (χ3n) is 0.743. The Labute approximate surface area is 49.1 Å². The van der Waals surface area contributed by atoms with Gasteiger partial charge in [-0.3, -0.25) is 0 Å². The monoisotopic (exact) mass is 132 g/mol. The van der Waals surface area contributed by atoms with Crippen LogP contribution in [0.5, 0.6) is 0 Å². The minimum Gasteiger partial charge on any atom is -0.248 e. The SMILES string of the molecule is Fc1[c]ncc(F)c1F. The zero-order chi connectivity index (χ0) is 6.85. The van der Waals surface area contributed by atoms with Crippen molar-refractivity contribution in [3.8, 4) is 0 Å². The normalized spacial score (nSPS) is 9.67. The van der Waals surface area contributed by atoms with Crippen molar-refractivity contribution < 1.29 is 13.2 Å². The Bertz CT molecular complexity index is 203. The smallest absolute Gasteiger partial charge is 0.198 e. The third-order valence-corrected chi connectivity index (χ3v) is 0.743. The van der Waals surface area contributed by atoms with Crippen molar-refractivity contribution in [2.24, 2.45) is 0 Å². The van der Waals surface area contributed by atoms with Gasteiger partial charge in [0.1, 0.15) is 6.20 Å². The van der Waals surface area contributed by atoms with E-state index in [-0.39, 0.29) is 0 Å². The molecule has 0 aromatic carbocycles. The molecule has 0 atom stereocenters. The van der Waals surface area contributed by atoms with E-state index in [4.69, 9.17) is 0 Å². The summed E-state index contributed by atoms with van der Waals surface area (Å²) in [5, 5.41) is 0. The molecular weight excluding hydrogens is 131 g/mol. The second kappa shape index (κ2) is 2.05. The quantitative estimate of drug-likeness (QED) is 0.518. The Morgan fingerprint density at radius 1 is 1.33 bits per heavy atom. The van der Waals surface area contributed by atoms with Gasteiger partial charge >= 0.3 is 0 Å². The number of hydrogen-bond donors (Lipinski definition) is 0. The second-order valence-electron chi connectivity index (χ2n) is 1.35. The molecule has 0 aliphatic heterocycles. The van der Waals surface area contributed by atoms with Gasteiger partial charge in [-0.05, 0) is 0 Å². The second-order valence-corrected chi connectivity index (χ2v) is 1.35. The van der Waals surface area contributed by atoms with Crippen LogP contribution in [0.1, 0.15) is 0 Å². The average molecular weight is 132 g/mol. The number of rotatable bonds is 0. The van der Waals surface area contributed by atoms with Gasteiger partial charge in [0.2, 0.25) is 0 Å². The molecule has 0 saturated heterocycles. The molecule has 4 heteroatoms. The molecule has 1 aromatic heterocycles. The van der Waals surface area contributed by atoms with Crippen LogP contribution in [0.2, 0.25) is 0 Å². The summed E-state index contributed by atoms with van der Waals surface area (Å²) in [4.78, 5) is 2.93. The molecule has 0 fully saturated rings. The van der Waals surface area contributed by atoms with Crippen LogP contribution in [0.25, 0.3) is 0 Å². The van der Waals surface area contributed by atoms with Crippen LogP contribution >= 0.6 is 0 Å². The van der Waals surface area contributed by atoms with E-state index in [0.29, 0.717) is 6.20 Å². The van der Waals surface area contributed by atoms with Crippen molar-refractivity contribution in [1.82, 2.24) is 4.98 Å². The van der Waals surface area contributed by atoms with Gasteiger partial charge in [0.15, 0.2) is 17.5 Å². The standard InChI is InChI=1S/C5HF3N/c6-3-1-9-2-4(7)5(3)8/h1H. The summed E-state index contributed by atoms with van der Waals surface area (Å²) in [7, 11) is 0. The van der Waals surface area contributed by atoms with E-state index in [1.54, 1.807) is 6.20 Å². The molecule has 0 bridgehead atoms. The lowest BCUT2D eigenvalue weighted by molar-refractivity contribution is 0.439. The summed E-state index contributed by atoms with van der Waals surface area (Å²) >= 11 is 0. The number of aromatic nitrogens is 1. The van der Waals surface area contributed by atoms with Gasteiger partial charge < -0.3 is 0 Å². The van der Waals surface area contributed by atoms with Crippen LogP contribution in [0.15, 0.2) is 6.20 Å². The molecule has 0 spiro atoms. The molecule has 0 amide bonds. The molecule has 1 radical (unpaired) electrons. The van der Waals surface area contributed by atoms with E-state index < -0.39 is 17.5 Å². The zero-order valence-electron chi connectivity index (χ0n) is 4.16. The highest BCUT2D eigenvalue weighted by Gasteiger charge is 2.06. The number of hydrogen-bond acceptors (Lipinski definition) is 1. The fourth-order valence-corrected chi connectivity index (χ4v) is 0.356. The molecule has 1 nitrogen and oxygen atoms in total. The van der Waals surface area contributed by atoms with Crippen LogP contribution < -0.4 is 0 Å². The van der Waals surface area contributed by atoms with E-state index in [9.17, 15) is 13.2 Å². The largest absolute Gasteiger partial charge is 0.248 e. The zero-order valence-corrected chi connectivity index (χ0v) is 4.16. The van der Waals surface area contributed by atoms with Crippen molar-refractivity contribution in [2.45, 2.75) is 0 Å². The molecule has 1 aromatic rings. The molecule has 0 N–H and O–H groups in total. The highest BCUT2D eigenvalue weighted by atomic mass is 19.2. The molecule has 0 aliphatic carbocycles. The molecule has 0 aliphatic rings. The first-order valence-corrected chi connectivity index (χ1v) is 2.09. The minimum atomic E-state index is -1.54. The molecule has 0 saturated carbocycles. The van der Waals surface area contributed by atoms with E-state index >= 15 is 0 Å². The predicted molar refractivity (Wildman–Crippen MR) is 22.9 cm³/mol. The van der Waals surface area contributed by atoms with E-state index in [1.165, 1.54) is 0 Å². The van der Waals surface area contributed by atoms with Crippen LogP contribution in [-0.4, -0.2) is 4.98 Å². The fourth-order valence-electron chi connectivity index (χ4n) is 0.356. The first-order valence-electron chi connectivity index (χ1n) is 2.09. The first-order chi connectivity index (χ1) is 4.22. The lowest BCUT2D eigenvalue weighted by atomic mass is 10.4. The summed E-state index contributed by atoms with van der Waals surface area (Å²) in [6.07, 6.45) is 2.16. The van der Waals surface area contributed by atoms with Gasteiger partial charge in [-0.25, -0.2) is 18.2 Å². The first kappa shape index (κ1) is 6.07. The Hall–Kier alpha value is -1.06. The van der Waals surface area contributed by atoms with E-state index in [2.05, 4.69) is 4.98 Å². The molecule has 9 heavy (non-hydrogen) atoms. The third kappa shape index (κ3) is 1.01. The number of pyridine rings is 1. The van der Waals surface area contributed by atoms with E-state index in [0.717, 1.165) is 0 Å². The van der Waals surface area contributed by atoms with Crippen molar-refractivity contribution in [2.75, 3.05) is 0 Å². The summed E-state index contributed by atoms with van der Waals surface area (Å²) < 4.78 is 35.6. The summed E-state index contributed by atoms with van der Waals surface area (Å²) in [5.74, 6) is -4.23. The minimum absolute atomic E-state index is 0.554. The summed E-state index contributed by atoms with van der Waals surface area (Å²) in [5.41, 5.74) is 0. The topological polar surface area (TPSA) is 12.9 Å². The van der Waals surface area contributed by atoms with Crippen LogP contribution in [-0.2, 0) is 0 Å². The molecule has 47 valence electrons. The van der Waals surface area contributed by atoms with Crippen molar-refractivity contribution in [1.29, 1.82) is 0 Å². The van der Waals surface area contributed by atoms with Gasteiger partial charge in [0, 0.05) is 0 Å². The maximum absolute atomic E-state index is 11.9. The van der Waals surface area contributed by atoms with Crippen LogP contribution in [0.4, 0.5) is 13.2 Å². The predicted octanol–water partition coefficient (Wildman–Crippen LogP) is 1.30. The summed E-state index contributed by atoms with van der Waals surface area (Å²) in [6, 6.07) is 0. The van der Waals surface area contributed by atoms with E-state index in [1.807, 2.05) is 0 Å². The van der Waals surface area contributed by atoms with Gasteiger partial charge in [-0.15, -0.1) is 0 Å². The number of halogens is 3. The fraction of sp³-hybridized carbons (Fsp3) is 0. The van der Waals surface area contributed by atoms with Crippen molar-refractivity contribution in [3.05, 3.63) is 29.8 Å². The maximum Gasteiger partial charge on any atom is 0.198 e. The van der Waals surface area contributed by atoms with Gasteiger partial charge in [0.25, 0.3) is 0 Å². The lowest BCUT2D eigenvalue weighted by Crippen LogP contribution is -1.90. The molecule has 0 unspecified atom stereocenters. The van der Waals surface area contributed by atoms with Crippen molar-refractivity contribution >= 4 is 0 Å². The highest BCUT2D eigenvalue weighted by molar-refractivity contribution is 4.98. The maximum atomic E-state index is 11.9. The van der Waals surface area contributed by atoms with Gasteiger partial charge in [-0.2, -0.15) is 0 Å². The molecule has 1 rings (SSSR count). The van der Waals surface area contributed by atoms with Gasteiger partial charge in [0.05, 0.1) is 6.20 Å². The number of nitrogens with zero attached hydrogens (tertiary/aromatic N) is 1. The van der Waals surface area contributed by atoms with Crippen molar-refractivity contribution in [3.63, 3.8) is 0 Å². The molecule has 1 heterocycles. The molecular formula is C5HF3N. The van der Waals surface area contributed by atoms with Crippen LogP contribution in [0.3, 0.4) is 0 Å². The average Bonchev–Trinajstić information content (AvgIpc) is 1.83. The van der Waals surface area contributed by atoms with Gasteiger partial charge in [-0.1, -0.05) is 0 Å². The Morgan fingerprint density at radius 3 is 2.44 bits per heavy atom. The summed E-state index contributed by atoms with van der Waals surface area (Å²) in [6.45, 7) is 0. The lowest BCUT2D eigenvalue weighted by Gasteiger charge is -1.88. The highest BCUT2D eigenvalue weighted by Crippen LogP contribution is 2.05.